The second-order valence-electron chi connectivity index (χ2n) is 2.75. The summed E-state index contributed by atoms with van der Waals surface area (Å²) in [4.78, 5) is 10.5. The molecule has 0 fully saturated rings. The maximum Gasteiger partial charge on any atom is 0.333 e. The Hall–Kier alpha value is -1.32. The van der Waals surface area contributed by atoms with E-state index >= 15 is 0 Å². The zero-order chi connectivity index (χ0) is 10.7. The van der Waals surface area contributed by atoms with Crippen LogP contribution in [0.1, 0.15) is 11.7 Å². The number of rotatable bonds is 3. The topological polar surface area (TPSA) is 57.5 Å². The predicted octanol–water partition coefficient (Wildman–Crippen LogP) is 2.01. The summed E-state index contributed by atoms with van der Waals surface area (Å²) in [6, 6.07) is 6.50. The third-order valence-electron chi connectivity index (χ3n) is 1.80. The molecule has 2 N–H and O–H groups in total. The van der Waals surface area contributed by atoms with Crippen LogP contribution in [0, 0.1) is 0 Å². The van der Waals surface area contributed by atoms with Crippen LogP contribution in [-0.2, 0) is 4.79 Å². The van der Waals surface area contributed by atoms with Gasteiger partial charge in [0.25, 0.3) is 0 Å². The smallest absolute Gasteiger partial charge is 0.333 e. The van der Waals surface area contributed by atoms with Gasteiger partial charge in [-0.15, -0.1) is 0 Å². The van der Waals surface area contributed by atoms with E-state index in [-0.39, 0.29) is 5.57 Å². The van der Waals surface area contributed by atoms with Crippen LogP contribution < -0.4 is 0 Å². The highest BCUT2D eigenvalue weighted by Crippen LogP contribution is 2.26. The summed E-state index contributed by atoms with van der Waals surface area (Å²) in [5, 5.41) is 18.5. The summed E-state index contributed by atoms with van der Waals surface area (Å²) in [5.41, 5.74) is 0.0552. The van der Waals surface area contributed by atoms with E-state index in [1.165, 1.54) is 0 Å². The molecule has 0 bridgehead atoms. The van der Waals surface area contributed by atoms with E-state index in [2.05, 4.69) is 6.58 Å². The van der Waals surface area contributed by atoms with Crippen molar-refractivity contribution >= 4 is 17.6 Å². The monoisotopic (exact) mass is 212 g/mol. The average Bonchev–Trinajstić information content (AvgIpc) is 2.16. The predicted molar refractivity (Wildman–Crippen MR) is 53.2 cm³/mol. The SMILES string of the molecule is C=C(C(=O)O)[C@H](O)c1ccccc1Cl. The molecule has 1 atom stereocenters. The number of carbonyl (C=O) groups is 1. The minimum Gasteiger partial charge on any atom is -0.478 e. The van der Waals surface area contributed by atoms with Crippen molar-refractivity contribution in [1.82, 2.24) is 0 Å². The number of benzene rings is 1. The molecular weight excluding hydrogens is 204 g/mol. The fourth-order valence-electron chi connectivity index (χ4n) is 1.00. The molecule has 0 aliphatic carbocycles. The molecule has 0 saturated heterocycles. The van der Waals surface area contributed by atoms with Crippen LogP contribution in [0.3, 0.4) is 0 Å². The first kappa shape index (κ1) is 10.8. The van der Waals surface area contributed by atoms with Gasteiger partial charge in [-0.3, -0.25) is 0 Å². The van der Waals surface area contributed by atoms with Gasteiger partial charge in [0, 0.05) is 10.6 Å². The molecule has 1 aromatic carbocycles. The number of aliphatic hydroxyl groups is 1. The van der Waals surface area contributed by atoms with E-state index in [4.69, 9.17) is 16.7 Å². The summed E-state index contributed by atoms with van der Waals surface area (Å²) in [5.74, 6) is -1.24. The average molecular weight is 213 g/mol. The van der Waals surface area contributed by atoms with E-state index < -0.39 is 12.1 Å². The summed E-state index contributed by atoms with van der Waals surface area (Å²) in [7, 11) is 0. The van der Waals surface area contributed by atoms with Crippen molar-refractivity contribution in [1.29, 1.82) is 0 Å². The maximum absolute atomic E-state index is 10.5. The number of aliphatic hydroxyl groups excluding tert-OH is 1. The molecule has 1 aromatic rings. The fourth-order valence-corrected chi connectivity index (χ4v) is 1.24. The van der Waals surface area contributed by atoms with Crippen LogP contribution in [-0.4, -0.2) is 16.2 Å². The molecule has 3 nitrogen and oxygen atoms in total. The van der Waals surface area contributed by atoms with Gasteiger partial charge in [0.2, 0.25) is 0 Å². The minimum atomic E-state index is -1.26. The number of hydrogen-bond donors (Lipinski definition) is 2. The molecule has 0 heterocycles. The Morgan fingerprint density at radius 1 is 1.43 bits per heavy atom. The molecule has 4 heteroatoms. The van der Waals surface area contributed by atoms with Crippen LogP contribution in [0.2, 0.25) is 5.02 Å². The van der Waals surface area contributed by atoms with Crippen molar-refractivity contribution in [2.24, 2.45) is 0 Å². The van der Waals surface area contributed by atoms with Crippen LogP contribution in [0.15, 0.2) is 36.4 Å². The van der Waals surface area contributed by atoms with Crippen molar-refractivity contribution in [3.8, 4) is 0 Å². The van der Waals surface area contributed by atoms with Crippen LogP contribution >= 0.6 is 11.6 Å². The molecule has 0 saturated carbocycles. The lowest BCUT2D eigenvalue weighted by Gasteiger charge is -2.11. The van der Waals surface area contributed by atoms with Crippen molar-refractivity contribution < 1.29 is 15.0 Å². The van der Waals surface area contributed by atoms with Gasteiger partial charge in [-0.05, 0) is 6.07 Å². The summed E-state index contributed by atoms with van der Waals surface area (Å²) in [6.07, 6.45) is -1.26. The van der Waals surface area contributed by atoms with Crippen LogP contribution in [0.25, 0.3) is 0 Å². The van der Waals surface area contributed by atoms with Gasteiger partial charge >= 0.3 is 5.97 Å². The summed E-state index contributed by atoms with van der Waals surface area (Å²) in [6.45, 7) is 3.26. The van der Waals surface area contributed by atoms with Crippen molar-refractivity contribution in [3.05, 3.63) is 47.0 Å². The molecule has 0 unspecified atom stereocenters. The fraction of sp³-hybridized carbons (Fsp3) is 0.100. The Morgan fingerprint density at radius 2 is 2.00 bits per heavy atom. The molecule has 0 aliphatic heterocycles. The van der Waals surface area contributed by atoms with Gasteiger partial charge in [0.05, 0.1) is 5.57 Å². The van der Waals surface area contributed by atoms with Gasteiger partial charge < -0.3 is 10.2 Å². The quantitative estimate of drug-likeness (QED) is 0.754. The first-order valence-electron chi connectivity index (χ1n) is 3.88. The second-order valence-corrected chi connectivity index (χ2v) is 3.16. The van der Waals surface area contributed by atoms with E-state index in [0.717, 1.165) is 0 Å². The Labute approximate surface area is 86.3 Å². The zero-order valence-corrected chi connectivity index (χ0v) is 8.03. The summed E-state index contributed by atoms with van der Waals surface area (Å²) >= 11 is 5.77. The van der Waals surface area contributed by atoms with Crippen LogP contribution in [0.4, 0.5) is 0 Å². The Kier molecular flexibility index (Phi) is 3.28. The standard InChI is InChI=1S/C10H9ClO3/c1-6(10(13)14)9(12)7-4-2-3-5-8(7)11/h2-5,9,12H,1H2,(H,13,14)/t9-/m0/s1. The number of halogens is 1. The lowest BCUT2D eigenvalue weighted by molar-refractivity contribution is -0.133. The first-order chi connectivity index (χ1) is 6.54. The Balaban J connectivity index is 3.01. The zero-order valence-electron chi connectivity index (χ0n) is 7.27. The second kappa shape index (κ2) is 4.26. The van der Waals surface area contributed by atoms with Gasteiger partial charge in [-0.25, -0.2) is 4.79 Å². The molecule has 0 radical (unpaired) electrons. The third-order valence-corrected chi connectivity index (χ3v) is 2.15. The number of hydrogen-bond acceptors (Lipinski definition) is 2. The van der Waals surface area contributed by atoms with Gasteiger partial charge in [-0.2, -0.15) is 0 Å². The maximum atomic E-state index is 10.5. The van der Waals surface area contributed by atoms with E-state index in [1.807, 2.05) is 0 Å². The Bertz CT molecular complexity index is 373. The molecule has 74 valence electrons. The molecule has 0 amide bonds. The molecule has 0 aliphatic rings. The molecule has 0 spiro atoms. The summed E-state index contributed by atoms with van der Waals surface area (Å²) < 4.78 is 0. The van der Waals surface area contributed by atoms with E-state index in [9.17, 15) is 9.90 Å². The largest absolute Gasteiger partial charge is 0.478 e. The lowest BCUT2D eigenvalue weighted by Crippen LogP contribution is -2.09. The van der Waals surface area contributed by atoms with Crippen LogP contribution in [0.5, 0.6) is 0 Å². The highest BCUT2D eigenvalue weighted by Gasteiger charge is 2.19. The van der Waals surface area contributed by atoms with Gasteiger partial charge in [0.1, 0.15) is 6.10 Å². The first-order valence-corrected chi connectivity index (χ1v) is 4.26. The molecule has 0 aromatic heterocycles. The Morgan fingerprint density at radius 3 is 2.50 bits per heavy atom. The van der Waals surface area contributed by atoms with E-state index in [0.29, 0.717) is 10.6 Å². The number of aliphatic carboxylic acids is 1. The van der Waals surface area contributed by atoms with Crippen molar-refractivity contribution in [3.63, 3.8) is 0 Å². The highest BCUT2D eigenvalue weighted by molar-refractivity contribution is 6.31. The number of carboxylic acid groups (broad SMARTS) is 1. The normalized spacial score (nSPS) is 12.1. The third kappa shape index (κ3) is 2.13. The highest BCUT2D eigenvalue weighted by atomic mass is 35.5. The number of carboxylic acids is 1. The van der Waals surface area contributed by atoms with Gasteiger partial charge in [-0.1, -0.05) is 36.4 Å². The molecule has 14 heavy (non-hydrogen) atoms. The molecular formula is C10H9ClO3. The van der Waals surface area contributed by atoms with E-state index in [1.54, 1.807) is 24.3 Å². The van der Waals surface area contributed by atoms with Crippen molar-refractivity contribution in [2.75, 3.05) is 0 Å². The van der Waals surface area contributed by atoms with Gasteiger partial charge in [0.15, 0.2) is 0 Å². The lowest BCUT2D eigenvalue weighted by atomic mass is 10.0. The minimum absolute atomic E-state index is 0.293. The van der Waals surface area contributed by atoms with Crippen molar-refractivity contribution in [2.45, 2.75) is 6.10 Å². The molecule has 1 rings (SSSR count).